The Kier molecular flexibility index (Phi) is 3.95. The predicted octanol–water partition coefficient (Wildman–Crippen LogP) is 2.43. The Morgan fingerprint density at radius 1 is 1.36 bits per heavy atom. The molecule has 0 saturated carbocycles. The number of rotatable bonds is 2. The Balaban J connectivity index is 1.70. The number of carbonyl (C=O) groups excluding carboxylic acids is 1. The molecule has 118 valence electrons. The van der Waals surface area contributed by atoms with Gasteiger partial charge in [0.05, 0.1) is 16.9 Å². The minimum atomic E-state index is -0.0731. The number of nitrogens with one attached hydrogen (secondary N) is 1. The lowest BCUT2D eigenvalue weighted by molar-refractivity contribution is 0.0706. The number of hydrogen-bond donors (Lipinski definition) is 1. The third kappa shape index (κ3) is 2.52. The van der Waals surface area contributed by atoms with Gasteiger partial charge in [-0.2, -0.15) is 10.2 Å². The van der Waals surface area contributed by atoms with Gasteiger partial charge in [0.25, 0.3) is 5.91 Å². The average Bonchev–Trinajstić information content (AvgIpc) is 3.06. The van der Waals surface area contributed by atoms with Crippen LogP contribution in [-0.4, -0.2) is 43.9 Å². The van der Waals surface area contributed by atoms with Crippen LogP contribution in [0.4, 0.5) is 0 Å². The van der Waals surface area contributed by atoms with E-state index in [1.807, 2.05) is 24.9 Å². The highest BCUT2D eigenvalue weighted by molar-refractivity contribution is 6.34. The molecule has 1 aliphatic heterocycles. The zero-order chi connectivity index (χ0) is 15.9. The van der Waals surface area contributed by atoms with Crippen molar-refractivity contribution in [3.8, 4) is 0 Å². The molecule has 3 heterocycles. The molecule has 1 aliphatic rings. The summed E-state index contributed by atoms with van der Waals surface area (Å²) in [4.78, 5) is 14.4. The van der Waals surface area contributed by atoms with Gasteiger partial charge in [-0.3, -0.25) is 14.6 Å². The van der Waals surface area contributed by atoms with Crippen LogP contribution >= 0.6 is 11.6 Å². The standard InChI is InChI=1S/C15H20ClN5O/c1-9-12(8-17-18-9)11-4-6-21(7-5-11)15(22)14-13(16)10(2)20(3)19-14/h8,11H,4-7H2,1-3H3,(H,17,18). The number of halogens is 1. The van der Waals surface area contributed by atoms with Crippen LogP contribution in [-0.2, 0) is 7.05 Å². The maximum atomic E-state index is 12.6. The summed E-state index contributed by atoms with van der Waals surface area (Å²) in [6, 6.07) is 0. The Bertz CT molecular complexity index is 697. The molecule has 3 rings (SSSR count). The zero-order valence-corrected chi connectivity index (χ0v) is 13.8. The summed E-state index contributed by atoms with van der Waals surface area (Å²) in [6.07, 6.45) is 3.78. The van der Waals surface area contributed by atoms with E-state index >= 15 is 0 Å². The Morgan fingerprint density at radius 3 is 2.55 bits per heavy atom. The van der Waals surface area contributed by atoms with Gasteiger partial charge in [0, 0.05) is 25.8 Å². The lowest BCUT2D eigenvalue weighted by Crippen LogP contribution is -2.38. The van der Waals surface area contributed by atoms with Gasteiger partial charge < -0.3 is 4.90 Å². The van der Waals surface area contributed by atoms with Crippen molar-refractivity contribution in [3.05, 3.63) is 33.9 Å². The molecule has 0 radical (unpaired) electrons. The first kappa shape index (κ1) is 15.1. The minimum absolute atomic E-state index is 0.0731. The van der Waals surface area contributed by atoms with E-state index in [-0.39, 0.29) is 5.91 Å². The molecule has 0 aliphatic carbocycles. The number of amides is 1. The zero-order valence-electron chi connectivity index (χ0n) is 13.1. The lowest BCUT2D eigenvalue weighted by atomic mass is 9.90. The van der Waals surface area contributed by atoms with E-state index in [9.17, 15) is 4.79 Å². The number of nitrogens with zero attached hydrogens (tertiary/aromatic N) is 4. The molecule has 7 heteroatoms. The molecule has 22 heavy (non-hydrogen) atoms. The van der Waals surface area contributed by atoms with E-state index in [1.54, 1.807) is 11.7 Å². The number of aromatic amines is 1. The van der Waals surface area contributed by atoms with Crippen molar-refractivity contribution in [2.24, 2.45) is 7.05 Å². The Labute approximate surface area is 134 Å². The first-order valence-electron chi connectivity index (χ1n) is 7.47. The second-order valence-corrected chi connectivity index (χ2v) is 6.27. The van der Waals surface area contributed by atoms with Gasteiger partial charge in [-0.25, -0.2) is 0 Å². The summed E-state index contributed by atoms with van der Waals surface area (Å²) in [6.45, 7) is 5.34. The molecule has 0 unspecified atom stereocenters. The monoisotopic (exact) mass is 321 g/mol. The molecule has 0 spiro atoms. The fraction of sp³-hybridized carbons (Fsp3) is 0.533. The molecular weight excluding hydrogens is 302 g/mol. The van der Waals surface area contributed by atoms with Crippen LogP contribution in [0.15, 0.2) is 6.20 Å². The molecule has 1 amide bonds. The molecule has 6 nitrogen and oxygen atoms in total. The lowest BCUT2D eigenvalue weighted by Gasteiger charge is -2.31. The fourth-order valence-corrected chi connectivity index (χ4v) is 3.27. The number of H-pyrrole nitrogens is 1. The number of aryl methyl sites for hydroxylation is 2. The molecule has 0 atom stereocenters. The highest BCUT2D eigenvalue weighted by Crippen LogP contribution is 2.30. The first-order chi connectivity index (χ1) is 10.5. The summed E-state index contributed by atoms with van der Waals surface area (Å²) >= 11 is 6.22. The van der Waals surface area contributed by atoms with Gasteiger partial charge in [0.2, 0.25) is 0 Å². The van der Waals surface area contributed by atoms with Gasteiger partial charge in [0.15, 0.2) is 5.69 Å². The third-order valence-electron chi connectivity index (χ3n) is 4.55. The molecule has 2 aromatic rings. The summed E-state index contributed by atoms with van der Waals surface area (Å²) in [5.74, 6) is 0.389. The van der Waals surface area contributed by atoms with Crippen molar-refractivity contribution < 1.29 is 4.79 Å². The normalized spacial score (nSPS) is 16.3. The minimum Gasteiger partial charge on any atom is -0.337 e. The average molecular weight is 322 g/mol. The predicted molar refractivity (Wildman–Crippen MR) is 84.2 cm³/mol. The van der Waals surface area contributed by atoms with E-state index in [0.29, 0.717) is 16.6 Å². The Hall–Kier alpha value is -1.82. The molecular formula is C15H20ClN5O. The summed E-state index contributed by atoms with van der Waals surface area (Å²) in [5, 5.41) is 11.8. The van der Waals surface area contributed by atoms with Gasteiger partial charge in [-0.1, -0.05) is 11.6 Å². The van der Waals surface area contributed by atoms with Crippen LogP contribution < -0.4 is 0 Å². The largest absolute Gasteiger partial charge is 0.337 e. The van der Waals surface area contributed by atoms with Crippen molar-refractivity contribution in [1.82, 2.24) is 24.9 Å². The fourth-order valence-electron chi connectivity index (χ4n) is 3.03. The number of aromatic nitrogens is 4. The molecule has 0 aromatic carbocycles. The van der Waals surface area contributed by atoms with Crippen LogP contribution in [0.1, 0.15) is 46.2 Å². The van der Waals surface area contributed by atoms with Crippen molar-refractivity contribution in [3.63, 3.8) is 0 Å². The van der Waals surface area contributed by atoms with Crippen molar-refractivity contribution >= 4 is 17.5 Å². The van der Waals surface area contributed by atoms with Crippen LogP contribution in [0.5, 0.6) is 0 Å². The highest BCUT2D eigenvalue weighted by atomic mass is 35.5. The second-order valence-electron chi connectivity index (χ2n) is 5.89. The number of hydrogen-bond acceptors (Lipinski definition) is 3. The summed E-state index contributed by atoms with van der Waals surface area (Å²) in [7, 11) is 1.80. The molecule has 1 saturated heterocycles. The summed E-state index contributed by atoms with van der Waals surface area (Å²) < 4.78 is 1.65. The van der Waals surface area contributed by atoms with E-state index in [0.717, 1.165) is 37.3 Å². The smallest absolute Gasteiger partial charge is 0.275 e. The maximum absolute atomic E-state index is 12.6. The number of carbonyl (C=O) groups is 1. The van der Waals surface area contributed by atoms with Crippen molar-refractivity contribution in [2.45, 2.75) is 32.6 Å². The SMILES string of the molecule is Cc1[nH]ncc1C1CCN(C(=O)c2nn(C)c(C)c2Cl)CC1. The van der Waals surface area contributed by atoms with Gasteiger partial charge in [-0.15, -0.1) is 0 Å². The van der Waals surface area contributed by atoms with Gasteiger partial charge in [-0.05, 0) is 38.2 Å². The van der Waals surface area contributed by atoms with Crippen molar-refractivity contribution in [1.29, 1.82) is 0 Å². The van der Waals surface area contributed by atoms with Crippen LogP contribution in [0.2, 0.25) is 5.02 Å². The number of piperidine rings is 1. The van der Waals surface area contributed by atoms with Crippen LogP contribution in [0.25, 0.3) is 0 Å². The quantitative estimate of drug-likeness (QED) is 0.923. The first-order valence-corrected chi connectivity index (χ1v) is 7.85. The van der Waals surface area contributed by atoms with Crippen molar-refractivity contribution in [2.75, 3.05) is 13.1 Å². The molecule has 0 bridgehead atoms. The van der Waals surface area contributed by atoms with Crippen LogP contribution in [0.3, 0.4) is 0 Å². The van der Waals surface area contributed by atoms with Crippen LogP contribution in [0, 0.1) is 13.8 Å². The third-order valence-corrected chi connectivity index (χ3v) is 5.01. The van der Waals surface area contributed by atoms with E-state index < -0.39 is 0 Å². The topological polar surface area (TPSA) is 66.8 Å². The van der Waals surface area contributed by atoms with Gasteiger partial charge >= 0.3 is 0 Å². The highest BCUT2D eigenvalue weighted by Gasteiger charge is 2.29. The second kappa shape index (κ2) is 5.76. The maximum Gasteiger partial charge on any atom is 0.275 e. The van der Waals surface area contributed by atoms with E-state index in [4.69, 9.17) is 11.6 Å². The van der Waals surface area contributed by atoms with E-state index in [2.05, 4.69) is 15.3 Å². The van der Waals surface area contributed by atoms with E-state index in [1.165, 1.54) is 5.56 Å². The molecule has 2 aromatic heterocycles. The summed E-state index contributed by atoms with van der Waals surface area (Å²) in [5.41, 5.74) is 3.56. The van der Waals surface area contributed by atoms with Gasteiger partial charge in [0.1, 0.15) is 0 Å². The molecule has 1 N–H and O–H groups in total. The Morgan fingerprint density at radius 2 is 2.05 bits per heavy atom. The number of likely N-dealkylation sites (tertiary alicyclic amines) is 1. The molecule has 1 fully saturated rings.